The molecule has 1 aliphatic rings. The predicted octanol–water partition coefficient (Wildman–Crippen LogP) is 3.63. The molecular weight excluding hydrogens is 224 g/mol. The van der Waals surface area contributed by atoms with Crippen molar-refractivity contribution in [2.24, 2.45) is 5.92 Å². The zero-order chi connectivity index (χ0) is 13.2. The average molecular weight is 252 g/mol. The molecule has 0 atom stereocenters. The van der Waals surface area contributed by atoms with E-state index in [4.69, 9.17) is 5.41 Å². The Bertz CT molecular complexity index is 245. The SMILES string of the molecule is CC1CCN(C(=O)CCCCCCCC=N)CC1. The molecule has 0 aliphatic carbocycles. The highest BCUT2D eigenvalue weighted by atomic mass is 16.2. The van der Waals surface area contributed by atoms with Gasteiger partial charge in [-0.1, -0.05) is 26.2 Å². The minimum absolute atomic E-state index is 0.362. The van der Waals surface area contributed by atoms with Gasteiger partial charge in [-0.2, -0.15) is 0 Å². The monoisotopic (exact) mass is 252 g/mol. The summed E-state index contributed by atoms with van der Waals surface area (Å²) in [6, 6.07) is 0. The van der Waals surface area contributed by atoms with Gasteiger partial charge in [-0.15, -0.1) is 0 Å². The third-order valence-electron chi connectivity index (χ3n) is 3.88. The van der Waals surface area contributed by atoms with Crippen LogP contribution in [0.15, 0.2) is 0 Å². The molecule has 3 heteroatoms. The molecule has 1 fully saturated rings. The minimum Gasteiger partial charge on any atom is -0.343 e. The van der Waals surface area contributed by atoms with Crippen molar-refractivity contribution in [1.29, 1.82) is 5.41 Å². The largest absolute Gasteiger partial charge is 0.343 e. The van der Waals surface area contributed by atoms with Gasteiger partial charge in [0, 0.05) is 19.5 Å². The van der Waals surface area contributed by atoms with Crippen LogP contribution in [0.1, 0.15) is 64.7 Å². The Kier molecular flexibility index (Phi) is 7.70. The first-order chi connectivity index (χ1) is 8.74. The van der Waals surface area contributed by atoms with E-state index in [-0.39, 0.29) is 0 Å². The fourth-order valence-electron chi connectivity index (χ4n) is 2.47. The number of unbranched alkanes of at least 4 members (excludes halogenated alkanes) is 5. The van der Waals surface area contributed by atoms with Crippen molar-refractivity contribution in [3.63, 3.8) is 0 Å². The van der Waals surface area contributed by atoms with Crippen LogP contribution in [0.3, 0.4) is 0 Å². The Hall–Kier alpha value is -0.860. The van der Waals surface area contributed by atoms with Crippen molar-refractivity contribution in [2.75, 3.05) is 13.1 Å². The number of nitrogens with zero attached hydrogens (tertiary/aromatic N) is 1. The summed E-state index contributed by atoms with van der Waals surface area (Å²) < 4.78 is 0. The highest BCUT2D eigenvalue weighted by molar-refractivity contribution is 5.76. The van der Waals surface area contributed by atoms with Gasteiger partial charge in [-0.25, -0.2) is 0 Å². The highest BCUT2D eigenvalue weighted by Gasteiger charge is 2.19. The molecule has 1 aliphatic heterocycles. The second kappa shape index (κ2) is 9.12. The van der Waals surface area contributed by atoms with Crippen LogP contribution in [0, 0.1) is 11.3 Å². The molecule has 3 nitrogen and oxygen atoms in total. The number of amides is 1. The number of piperidine rings is 1. The lowest BCUT2D eigenvalue weighted by Gasteiger charge is -2.30. The second-order valence-corrected chi connectivity index (χ2v) is 5.57. The van der Waals surface area contributed by atoms with Gasteiger partial charge in [-0.3, -0.25) is 4.79 Å². The first-order valence-electron chi connectivity index (χ1n) is 7.50. The molecule has 104 valence electrons. The van der Waals surface area contributed by atoms with Crippen LogP contribution in [-0.4, -0.2) is 30.1 Å². The maximum absolute atomic E-state index is 11.9. The topological polar surface area (TPSA) is 44.2 Å². The lowest BCUT2D eigenvalue weighted by molar-refractivity contribution is -0.132. The molecule has 1 saturated heterocycles. The Morgan fingerprint density at radius 1 is 1.17 bits per heavy atom. The summed E-state index contributed by atoms with van der Waals surface area (Å²) in [5, 5.41) is 6.93. The number of hydrogen-bond acceptors (Lipinski definition) is 2. The molecule has 0 aromatic heterocycles. The third-order valence-corrected chi connectivity index (χ3v) is 3.88. The summed E-state index contributed by atoms with van der Waals surface area (Å²) in [6.45, 7) is 4.22. The molecule has 0 radical (unpaired) electrons. The summed E-state index contributed by atoms with van der Waals surface area (Å²) in [5.41, 5.74) is 0. The van der Waals surface area contributed by atoms with Crippen molar-refractivity contribution in [3.8, 4) is 0 Å². The van der Waals surface area contributed by atoms with Crippen molar-refractivity contribution < 1.29 is 4.79 Å². The molecule has 18 heavy (non-hydrogen) atoms. The number of rotatable bonds is 8. The van der Waals surface area contributed by atoms with Gasteiger partial charge in [0.25, 0.3) is 0 Å². The average Bonchev–Trinajstić information content (AvgIpc) is 2.38. The smallest absolute Gasteiger partial charge is 0.222 e. The molecule has 0 aromatic carbocycles. The molecule has 1 N–H and O–H groups in total. The van der Waals surface area contributed by atoms with Gasteiger partial charge in [0.1, 0.15) is 0 Å². The van der Waals surface area contributed by atoms with Crippen LogP contribution in [0.25, 0.3) is 0 Å². The Balaban J connectivity index is 1.98. The Labute approximate surface area is 111 Å². The van der Waals surface area contributed by atoms with Crippen LogP contribution in [0.4, 0.5) is 0 Å². The number of carbonyl (C=O) groups is 1. The van der Waals surface area contributed by atoms with Crippen molar-refractivity contribution >= 4 is 12.1 Å². The van der Waals surface area contributed by atoms with E-state index in [1.165, 1.54) is 31.9 Å². The van der Waals surface area contributed by atoms with E-state index in [0.717, 1.165) is 51.1 Å². The molecule has 1 heterocycles. The fourth-order valence-corrected chi connectivity index (χ4v) is 2.47. The van der Waals surface area contributed by atoms with Gasteiger partial charge in [0.2, 0.25) is 5.91 Å². The van der Waals surface area contributed by atoms with Crippen LogP contribution in [0.2, 0.25) is 0 Å². The number of carbonyl (C=O) groups excluding carboxylic acids is 1. The fraction of sp³-hybridized carbons (Fsp3) is 0.867. The Morgan fingerprint density at radius 3 is 2.44 bits per heavy atom. The van der Waals surface area contributed by atoms with E-state index in [2.05, 4.69) is 11.8 Å². The van der Waals surface area contributed by atoms with E-state index in [0.29, 0.717) is 5.91 Å². The molecule has 0 unspecified atom stereocenters. The maximum Gasteiger partial charge on any atom is 0.222 e. The van der Waals surface area contributed by atoms with Gasteiger partial charge >= 0.3 is 0 Å². The van der Waals surface area contributed by atoms with Crippen LogP contribution < -0.4 is 0 Å². The van der Waals surface area contributed by atoms with Crippen molar-refractivity contribution in [1.82, 2.24) is 4.90 Å². The number of nitrogens with one attached hydrogen (secondary N) is 1. The first-order valence-corrected chi connectivity index (χ1v) is 7.50. The van der Waals surface area contributed by atoms with Crippen molar-refractivity contribution in [2.45, 2.75) is 64.7 Å². The van der Waals surface area contributed by atoms with E-state index >= 15 is 0 Å². The summed E-state index contributed by atoms with van der Waals surface area (Å²) in [7, 11) is 0. The second-order valence-electron chi connectivity index (χ2n) is 5.57. The summed E-state index contributed by atoms with van der Waals surface area (Å²) in [6.07, 6.45) is 11.2. The quantitative estimate of drug-likeness (QED) is 0.520. The molecule has 0 saturated carbocycles. The van der Waals surface area contributed by atoms with Crippen LogP contribution in [-0.2, 0) is 4.79 Å². The minimum atomic E-state index is 0.362. The number of hydrogen-bond donors (Lipinski definition) is 1. The van der Waals surface area contributed by atoms with Gasteiger partial charge in [-0.05, 0) is 44.2 Å². The van der Waals surface area contributed by atoms with Gasteiger partial charge in [0.15, 0.2) is 0 Å². The molecule has 0 aromatic rings. The van der Waals surface area contributed by atoms with E-state index in [9.17, 15) is 4.79 Å². The van der Waals surface area contributed by atoms with Gasteiger partial charge in [0.05, 0.1) is 0 Å². The molecule has 1 rings (SSSR count). The van der Waals surface area contributed by atoms with E-state index in [1.54, 1.807) is 0 Å². The Morgan fingerprint density at radius 2 is 1.78 bits per heavy atom. The number of likely N-dealkylation sites (tertiary alicyclic amines) is 1. The summed E-state index contributed by atoms with van der Waals surface area (Å²) in [4.78, 5) is 14.0. The highest BCUT2D eigenvalue weighted by Crippen LogP contribution is 2.17. The lowest BCUT2D eigenvalue weighted by Crippen LogP contribution is -2.37. The molecule has 0 spiro atoms. The summed E-state index contributed by atoms with van der Waals surface area (Å²) in [5.74, 6) is 1.16. The maximum atomic E-state index is 11.9. The zero-order valence-electron chi connectivity index (χ0n) is 11.8. The zero-order valence-corrected chi connectivity index (χ0v) is 11.8. The first kappa shape index (κ1) is 15.2. The van der Waals surface area contributed by atoms with Crippen LogP contribution in [0.5, 0.6) is 0 Å². The third kappa shape index (κ3) is 6.18. The summed E-state index contributed by atoms with van der Waals surface area (Å²) >= 11 is 0. The van der Waals surface area contributed by atoms with E-state index in [1.807, 2.05) is 0 Å². The van der Waals surface area contributed by atoms with E-state index < -0.39 is 0 Å². The van der Waals surface area contributed by atoms with Gasteiger partial charge < -0.3 is 10.3 Å². The predicted molar refractivity (Wildman–Crippen MR) is 76.1 cm³/mol. The standard InChI is InChI=1S/C15H28N2O/c1-14-9-12-17(13-10-14)15(18)8-6-4-2-3-5-7-11-16/h11,14,16H,2-10,12-13H2,1H3. The van der Waals surface area contributed by atoms with Crippen molar-refractivity contribution in [3.05, 3.63) is 0 Å². The normalized spacial score (nSPS) is 16.8. The molecule has 1 amide bonds. The van der Waals surface area contributed by atoms with Crippen LogP contribution >= 0.6 is 0 Å². The molecule has 0 bridgehead atoms. The lowest BCUT2D eigenvalue weighted by atomic mass is 9.99. The molecular formula is C15H28N2O.